The fourth-order valence-corrected chi connectivity index (χ4v) is 3.41. The van der Waals surface area contributed by atoms with E-state index in [1.165, 1.54) is 31.2 Å². The molecule has 0 aliphatic heterocycles. The maximum Gasteiger partial charge on any atom is 0.338 e. The van der Waals surface area contributed by atoms with Crippen molar-refractivity contribution >= 4 is 27.6 Å². The molecular weight excluding hydrogens is 396 g/mol. The summed E-state index contributed by atoms with van der Waals surface area (Å²) < 4.78 is 36.7. The molecule has 0 radical (unpaired) electrons. The van der Waals surface area contributed by atoms with Crippen LogP contribution in [0, 0.1) is 0 Å². The predicted octanol–water partition coefficient (Wildman–Crippen LogP) is 2.57. The van der Waals surface area contributed by atoms with Crippen LogP contribution >= 0.6 is 0 Å². The van der Waals surface area contributed by atoms with Gasteiger partial charge in [-0.25, -0.2) is 17.9 Å². The van der Waals surface area contributed by atoms with Gasteiger partial charge in [0.05, 0.1) is 17.1 Å². The first-order valence-corrected chi connectivity index (χ1v) is 10.6. The largest absolute Gasteiger partial charge is 0.494 e. The van der Waals surface area contributed by atoms with Crippen molar-refractivity contribution in [3.63, 3.8) is 0 Å². The van der Waals surface area contributed by atoms with Gasteiger partial charge in [-0.15, -0.1) is 0 Å². The van der Waals surface area contributed by atoms with Gasteiger partial charge in [-0.2, -0.15) is 0 Å². The highest BCUT2D eigenvalue weighted by Gasteiger charge is 2.20. The molecule has 0 saturated heterocycles. The highest BCUT2D eigenvalue weighted by atomic mass is 32.2. The van der Waals surface area contributed by atoms with Crippen LogP contribution < -0.4 is 14.8 Å². The number of benzene rings is 2. The lowest BCUT2D eigenvalue weighted by Crippen LogP contribution is -2.30. The Hall–Kier alpha value is -2.91. The summed E-state index contributed by atoms with van der Waals surface area (Å²) in [4.78, 5) is 24.5. The molecule has 0 unspecified atom stereocenters. The second-order valence-electron chi connectivity index (χ2n) is 6.02. The van der Waals surface area contributed by atoms with Gasteiger partial charge in [0, 0.05) is 12.2 Å². The molecule has 2 rings (SSSR count). The second kappa shape index (κ2) is 10.0. The first kappa shape index (κ1) is 22.4. The third kappa shape index (κ3) is 6.30. The summed E-state index contributed by atoms with van der Waals surface area (Å²) in [5.74, 6) is -0.537. The van der Waals surface area contributed by atoms with E-state index in [0.29, 0.717) is 18.0 Å². The summed E-state index contributed by atoms with van der Waals surface area (Å²) in [6, 6.07) is 12.1. The molecule has 0 aromatic heterocycles. The van der Waals surface area contributed by atoms with E-state index < -0.39 is 28.0 Å². The molecule has 2 aromatic rings. The van der Waals surface area contributed by atoms with E-state index in [0.717, 1.165) is 0 Å². The lowest BCUT2D eigenvalue weighted by atomic mass is 10.2. The van der Waals surface area contributed by atoms with Gasteiger partial charge >= 0.3 is 5.97 Å². The Labute approximate surface area is 170 Å². The molecule has 8 nitrogen and oxygen atoms in total. The van der Waals surface area contributed by atoms with E-state index in [1.54, 1.807) is 31.2 Å². The minimum Gasteiger partial charge on any atom is -0.494 e. The molecule has 0 heterocycles. The Morgan fingerprint density at radius 2 is 1.62 bits per heavy atom. The van der Waals surface area contributed by atoms with Gasteiger partial charge in [-0.05, 0) is 62.4 Å². The SMILES string of the molecule is CCNS(=O)(=O)c1ccc(C(=O)O[C@@H](C)C(=O)Nc2ccc(OCC)cc2)cc1. The summed E-state index contributed by atoms with van der Waals surface area (Å²) >= 11 is 0. The zero-order valence-electron chi connectivity index (χ0n) is 16.5. The van der Waals surface area contributed by atoms with Crippen LogP contribution in [0.25, 0.3) is 0 Å². The summed E-state index contributed by atoms with van der Waals surface area (Å²) in [5.41, 5.74) is 0.681. The van der Waals surface area contributed by atoms with E-state index in [4.69, 9.17) is 9.47 Å². The molecule has 0 aliphatic rings. The molecular formula is C20H24N2O6S. The number of anilines is 1. The van der Waals surface area contributed by atoms with Crippen LogP contribution in [-0.2, 0) is 19.6 Å². The van der Waals surface area contributed by atoms with Gasteiger partial charge in [0.1, 0.15) is 5.75 Å². The number of hydrogen-bond acceptors (Lipinski definition) is 6. The Morgan fingerprint density at radius 3 is 2.17 bits per heavy atom. The third-order valence-electron chi connectivity index (χ3n) is 3.82. The molecule has 0 aliphatic carbocycles. The smallest absolute Gasteiger partial charge is 0.338 e. The highest BCUT2D eigenvalue weighted by molar-refractivity contribution is 7.89. The zero-order valence-corrected chi connectivity index (χ0v) is 17.3. The molecule has 29 heavy (non-hydrogen) atoms. The number of rotatable bonds is 9. The molecule has 9 heteroatoms. The fourth-order valence-electron chi connectivity index (χ4n) is 2.37. The van der Waals surface area contributed by atoms with Crippen LogP contribution in [0.5, 0.6) is 5.75 Å². The normalized spacial score (nSPS) is 12.1. The Kier molecular flexibility index (Phi) is 7.74. The van der Waals surface area contributed by atoms with Crippen molar-refractivity contribution in [2.45, 2.75) is 31.8 Å². The summed E-state index contributed by atoms with van der Waals surface area (Å²) in [5, 5.41) is 2.65. The number of hydrogen-bond donors (Lipinski definition) is 2. The van der Waals surface area contributed by atoms with Gasteiger partial charge in [-0.1, -0.05) is 6.92 Å². The van der Waals surface area contributed by atoms with Crippen molar-refractivity contribution in [1.82, 2.24) is 4.72 Å². The molecule has 0 bridgehead atoms. The Morgan fingerprint density at radius 1 is 1.00 bits per heavy atom. The van der Waals surface area contributed by atoms with Crippen LogP contribution in [-0.4, -0.2) is 39.5 Å². The maximum absolute atomic E-state index is 12.2. The van der Waals surface area contributed by atoms with Crippen molar-refractivity contribution in [1.29, 1.82) is 0 Å². The number of carbonyl (C=O) groups is 2. The van der Waals surface area contributed by atoms with Crippen LogP contribution in [0.15, 0.2) is 53.4 Å². The third-order valence-corrected chi connectivity index (χ3v) is 5.38. The average molecular weight is 420 g/mol. The van der Waals surface area contributed by atoms with E-state index in [9.17, 15) is 18.0 Å². The van der Waals surface area contributed by atoms with Gasteiger partial charge < -0.3 is 14.8 Å². The lowest BCUT2D eigenvalue weighted by molar-refractivity contribution is -0.123. The number of nitrogens with one attached hydrogen (secondary N) is 2. The number of esters is 1. The summed E-state index contributed by atoms with van der Waals surface area (Å²) in [6.07, 6.45) is -1.04. The van der Waals surface area contributed by atoms with Gasteiger partial charge in [0.15, 0.2) is 6.10 Å². The maximum atomic E-state index is 12.2. The van der Waals surface area contributed by atoms with E-state index in [-0.39, 0.29) is 17.0 Å². The predicted molar refractivity (Wildman–Crippen MR) is 108 cm³/mol. The van der Waals surface area contributed by atoms with E-state index >= 15 is 0 Å². The van der Waals surface area contributed by atoms with Crippen LogP contribution in [0.4, 0.5) is 5.69 Å². The first-order valence-electron chi connectivity index (χ1n) is 9.11. The summed E-state index contributed by atoms with van der Waals surface area (Å²) in [7, 11) is -3.61. The Balaban J connectivity index is 1.96. The quantitative estimate of drug-likeness (QED) is 0.603. The molecule has 0 saturated carbocycles. The van der Waals surface area contributed by atoms with E-state index in [2.05, 4.69) is 10.0 Å². The van der Waals surface area contributed by atoms with Crippen LogP contribution in [0.1, 0.15) is 31.1 Å². The standard InChI is InChI=1S/C20H24N2O6S/c1-4-21-29(25,26)18-12-6-15(7-13-18)20(24)28-14(3)19(23)22-16-8-10-17(11-9-16)27-5-2/h6-14,21H,4-5H2,1-3H3,(H,22,23)/t14-/m0/s1. The molecule has 0 spiro atoms. The van der Waals surface area contributed by atoms with Crippen molar-refractivity contribution in [3.05, 3.63) is 54.1 Å². The molecule has 1 amide bonds. The first-order chi connectivity index (χ1) is 13.8. The van der Waals surface area contributed by atoms with E-state index in [1.807, 2.05) is 6.92 Å². The number of sulfonamides is 1. The van der Waals surface area contributed by atoms with Gasteiger partial charge in [0.2, 0.25) is 10.0 Å². The summed E-state index contributed by atoms with van der Waals surface area (Å²) in [6.45, 7) is 5.79. The molecule has 2 N–H and O–H groups in total. The molecule has 1 atom stereocenters. The topological polar surface area (TPSA) is 111 Å². The average Bonchev–Trinajstić information content (AvgIpc) is 2.69. The van der Waals surface area contributed by atoms with Crippen molar-refractivity contribution in [3.8, 4) is 5.75 Å². The number of amides is 1. The van der Waals surface area contributed by atoms with Gasteiger partial charge in [-0.3, -0.25) is 4.79 Å². The van der Waals surface area contributed by atoms with Crippen molar-refractivity contribution < 1.29 is 27.5 Å². The lowest BCUT2D eigenvalue weighted by Gasteiger charge is -2.14. The monoisotopic (exact) mass is 420 g/mol. The fraction of sp³-hybridized carbons (Fsp3) is 0.300. The number of ether oxygens (including phenoxy) is 2. The minimum absolute atomic E-state index is 0.0391. The number of carbonyl (C=O) groups excluding carboxylic acids is 2. The van der Waals surface area contributed by atoms with Gasteiger partial charge in [0.25, 0.3) is 5.91 Å². The Bertz CT molecular complexity index is 940. The minimum atomic E-state index is -3.61. The molecule has 0 fully saturated rings. The van der Waals surface area contributed by atoms with Crippen molar-refractivity contribution in [2.75, 3.05) is 18.5 Å². The molecule has 2 aromatic carbocycles. The molecule has 156 valence electrons. The highest BCUT2D eigenvalue weighted by Crippen LogP contribution is 2.16. The second-order valence-corrected chi connectivity index (χ2v) is 7.79. The van der Waals surface area contributed by atoms with Crippen molar-refractivity contribution in [2.24, 2.45) is 0 Å². The van der Waals surface area contributed by atoms with Crippen LogP contribution in [0.2, 0.25) is 0 Å². The zero-order chi connectivity index (χ0) is 21.4. The van der Waals surface area contributed by atoms with Crippen LogP contribution in [0.3, 0.4) is 0 Å².